The molecule has 13 heavy (non-hydrogen) atoms. The van der Waals surface area contributed by atoms with Gasteiger partial charge in [0.1, 0.15) is 0 Å². The second-order valence-corrected chi connectivity index (χ2v) is 3.94. The number of primary amides is 1. The first-order valence-electron chi connectivity index (χ1n) is 4.86. The maximum absolute atomic E-state index is 10.6. The van der Waals surface area contributed by atoms with Crippen LogP contribution in [0.2, 0.25) is 0 Å². The number of rotatable bonds is 3. The van der Waals surface area contributed by atoms with Crippen LogP contribution in [0.3, 0.4) is 0 Å². The molecule has 1 saturated heterocycles. The predicted octanol–water partition coefficient (Wildman–Crippen LogP) is -0.469. The molecule has 1 atom stereocenters. The standard InChI is InChI=1S/C9H19N3O/c1-7(10)8-2-4-12(5-3-8)6-9(11)13/h7-8H,2-6,10H2,1H3,(H2,11,13)/t7-/m1/s1. The molecule has 0 radical (unpaired) electrons. The minimum Gasteiger partial charge on any atom is -0.369 e. The summed E-state index contributed by atoms with van der Waals surface area (Å²) in [6, 6.07) is 0.274. The highest BCUT2D eigenvalue weighted by atomic mass is 16.1. The molecule has 1 fully saturated rings. The van der Waals surface area contributed by atoms with Gasteiger partial charge in [-0.2, -0.15) is 0 Å². The molecular formula is C9H19N3O. The monoisotopic (exact) mass is 185 g/mol. The van der Waals surface area contributed by atoms with Crippen LogP contribution in [-0.2, 0) is 4.79 Å². The molecule has 0 aromatic rings. The molecule has 76 valence electrons. The van der Waals surface area contributed by atoms with Crippen LogP contribution < -0.4 is 11.5 Å². The molecule has 0 saturated carbocycles. The summed E-state index contributed by atoms with van der Waals surface area (Å²) in [7, 11) is 0. The van der Waals surface area contributed by atoms with Gasteiger partial charge in [-0.05, 0) is 38.8 Å². The zero-order valence-electron chi connectivity index (χ0n) is 8.20. The summed E-state index contributed by atoms with van der Waals surface area (Å²) < 4.78 is 0. The molecule has 4 N–H and O–H groups in total. The van der Waals surface area contributed by atoms with Crippen molar-refractivity contribution >= 4 is 5.91 Å². The number of carbonyl (C=O) groups is 1. The van der Waals surface area contributed by atoms with Crippen LogP contribution in [0.4, 0.5) is 0 Å². The third kappa shape index (κ3) is 3.32. The maximum atomic E-state index is 10.6. The van der Waals surface area contributed by atoms with Crippen LogP contribution in [0.15, 0.2) is 0 Å². The predicted molar refractivity (Wildman–Crippen MR) is 52.0 cm³/mol. The van der Waals surface area contributed by atoms with Gasteiger partial charge in [0.25, 0.3) is 0 Å². The Hall–Kier alpha value is -0.610. The lowest BCUT2D eigenvalue weighted by molar-refractivity contribution is -0.119. The van der Waals surface area contributed by atoms with Gasteiger partial charge in [0, 0.05) is 6.04 Å². The summed E-state index contributed by atoms with van der Waals surface area (Å²) >= 11 is 0. The van der Waals surface area contributed by atoms with Crippen LogP contribution in [0.25, 0.3) is 0 Å². The summed E-state index contributed by atoms with van der Waals surface area (Å²) in [5.74, 6) is 0.378. The van der Waals surface area contributed by atoms with Gasteiger partial charge in [-0.1, -0.05) is 0 Å². The van der Waals surface area contributed by atoms with Gasteiger partial charge in [0.2, 0.25) is 5.91 Å². The Morgan fingerprint density at radius 1 is 1.54 bits per heavy atom. The molecule has 1 rings (SSSR count). The van der Waals surface area contributed by atoms with Crippen molar-refractivity contribution in [3.05, 3.63) is 0 Å². The lowest BCUT2D eigenvalue weighted by Gasteiger charge is -2.32. The summed E-state index contributed by atoms with van der Waals surface area (Å²) in [5, 5.41) is 0. The third-order valence-corrected chi connectivity index (χ3v) is 2.76. The Bertz CT molecular complexity index is 174. The van der Waals surface area contributed by atoms with E-state index in [1.165, 1.54) is 0 Å². The molecule has 0 spiro atoms. The first-order chi connectivity index (χ1) is 6.09. The number of carbonyl (C=O) groups excluding carboxylic acids is 1. The number of nitrogens with two attached hydrogens (primary N) is 2. The number of amides is 1. The Morgan fingerprint density at radius 3 is 2.46 bits per heavy atom. The molecule has 0 aromatic carbocycles. The number of piperidine rings is 1. The van der Waals surface area contributed by atoms with E-state index in [1.54, 1.807) is 0 Å². The van der Waals surface area contributed by atoms with E-state index in [0.29, 0.717) is 12.5 Å². The van der Waals surface area contributed by atoms with E-state index in [9.17, 15) is 4.79 Å². The van der Waals surface area contributed by atoms with Gasteiger partial charge in [0.05, 0.1) is 6.54 Å². The van der Waals surface area contributed by atoms with Crippen LogP contribution >= 0.6 is 0 Å². The Labute approximate surface area is 79.3 Å². The van der Waals surface area contributed by atoms with Crippen molar-refractivity contribution in [2.45, 2.75) is 25.8 Å². The van der Waals surface area contributed by atoms with Crippen molar-refractivity contribution in [1.29, 1.82) is 0 Å². The highest BCUT2D eigenvalue weighted by Gasteiger charge is 2.22. The van der Waals surface area contributed by atoms with Gasteiger partial charge in [-0.25, -0.2) is 0 Å². The molecule has 0 unspecified atom stereocenters. The summed E-state index contributed by atoms with van der Waals surface area (Å²) in [6.45, 7) is 4.35. The lowest BCUT2D eigenvalue weighted by atomic mass is 9.91. The van der Waals surface area contributed by atoms with Crippen LogP contribution in [0, 0.1) is 5.92 Å². The fraction of sp³-hybridized carbons (Fsp3) is 0.889. The Balaban J connectivity index is 2.26. The van der Waals surface area contributed by atoms with E-state index in [-0.39, 0.29) is 11.9 Å². The van der Waals surface area contributed by atoms with Gasteiger partial charge < -0.3 is 11.5 Å². The minimum absolute atomic E-state index is 0.237. The second-order valence-electron chi connectivity index (χ2n) is 3.94. The first-order valence-corrected chi connectivity index (χ1v) is 4.86. The molecule has 0 bridgehead atoms. The van der Waals surface area contributed by atoms with Crippen LogP contribution in [0.1, 0.15) is 19.8 Å². The number of hydrogen-bond donors (Lipinski definition) is 2. The first kappa shape index (κ1) is 10.5. The van der Waals surface area contributed by atoms with Crippen molar-refractivity contribution < 1.29 is 4.79 Å². The highest BCUT2D eigenvalue weighted by molar-refractivity contribution is 5.75. The maximum Gasteiger partial charge on any atom is 0.231 e. The van der Waals surface area contributed by atoms with Gasteiger partial charge in [0.15, 0.2) is 0 Å². The SMILES string of the molecule is C[C@@H](N)C1CCN(CC(N)=O)CC1. The fourth-order valence-corrected chi connectivity index (χ4v) is 1.86. The van der Waals surface area contributed by atoms with Crippen molar-refractivity contribution in [1.82, 2.24) is 4.90 Å². The summed E-state index contributed by atoms with van der Waals surface area (Å²) in [6.07, 6.45) is 2.18. The number of nitrogens with zero attached hydrogens (tertiary/aromatic N) is 1. The quantitative estimate of drug-likeness (QED) is 0.624. The van der Waals surface area contributed by atoms with Crippen molar-refractivity contribution in [3.63, 3.8) is 0 Å². The molecule has 0 aliphatic carbocycles. The van der Waals surface area contributed by atoms with Gasteiger partial charge in [-0.15, -0.1) is 0 Å². The van der Waals surface area contributed by atoms with Crippen molar-refractivity contribution in [2.24, 2.45) is 17.4 Å². The molecule has 4 heteroatoms. The molecule has 1 aliphatic rings. The van der Waals surface area contributed by atoms with E-state index < -0.39 is 0 Å². The fourth-order valence-electron chi connectivity index (χ4n) is 1.86. The number of hydrogen-bond acceptors (Lipinski definition) is 3. The van der Waals surface area contributed by atoms with Gasteiger partial charge in [-0.3, -0.25) is 9.69 Å². The zero-order valence-corrected chi connectivity index (χ0v) is 8.20. The van der Waals surface area contributed by atoms with E-state index in [4.69, 9.17) is 11.5 Å². The molecule has 1 amide bonds. The second kappa shape index (κ2) is 4.58. The summed E-state index contributed by atoms with van der Waals surface area (Å²) in [5.41, 5.74) is 10.9. The molecule has 0 aromatic heterocycles. The summed E-state index contributed by atoms with van der Waals surface area (Å²) in [4.78, 5) is 12.7. The third-order valence-electron chi connectivity index (χ3n) is 2.76. The average molecular weight is 185 g/mol. The zero-order chi connectivity index (χ0) is 9.84. The highest BCUT2D eigenvalue weighted by Crippen LogP contribution is 2.18. The Kier molecular flexibility index (Phi) is 3.69. The molecular weight excluding hydrogens is 166 g/mol. The smallest absolute Gasteiger partial charge is 0.231 e. The largest absolute Gasteiger partial charge is 0.369 e. The van der Waals surface area contributed by atoms with Crippen LogP contribution in [-0.4, -0.2) is 36.5 Å². The molecule has 1 aliphatic heterocycles. The average Bonchev–Trinajstić information content (AvgIpc) is 2.04. The van der Waals surface area contributed by atoms with Crippen LogP contribution in [0.5, 0.6) is 0 Å². The van der Waals surface area contributed by atoms with Gasteiger partial charge >= 0.3 is 0 Å². The topological polar surface area (TPSA) is 72.3 Å². The van der Waals surface area contributed by atoms with Crippen molar-refractivity contribution in [3.8, 4) is 0 Å². The molecule has 1 heterocycles. The normalized spacial score (nSPS) is 22.9. The minimum atomic E-state index is -0.237. The van der Waals surface area contributed by atoms with E-state index in [0.717, 1.165) is 25.9 Å². The van der Waals surface area contributed by atoms with Crippen molar-refractivity contribution in [2.75, 3.05) is 19.6 Å². The Morgan fingerprint density at radius 2 is 2.08 bits per heavy atom. The van der Waals surface area contributed by atoms with E-state index in [1.807, 2.05) is 0 Å². The lowest BCUT2D eigenvalue weighted by Crippen LogP contribution is -2.43. The van der Waals surface area contributed by atoms with E-state index in [2.05, 4.69) is 11.8 Å². The number of likely N-dealkylation sites (tertiary alicyclic amines) is 1. The van der Waals surface area contributed by atoms with E-state index >= 15 is 0 Å². The molecule has 4 nitrogen and oxygen atoms in total.